The van der Waals surface area contributed by atoms with Crippen LogP contribution in [0.15, 0.2) is 18.2 Å². The molecule has 0 saturated heterocycles. The van der Waals surface area contributed by atoms with Gasteiger partial charge in [0.2, 0.25) is 5.91 Å². The molecule has 0 aromatic heterocycles. The highest BCUT2D eigenvalue weighted by molar-refractivity contribution is 5.73. The Balaban J connectivity index is 2.79. The molecule has 0 atom stereocenters. The van der Waals surface area contributed by atoms with Gasteiger partial charge in [0, 0.05) is 12.6 Å². The van der Waals surface area contributed by atoms with Crippen molar-refractivity contribution in [3.8, 4) is 5.75 Å². The smallest absolute Gasteiger partial charge is 0.311 e. The molecule has 0 bridgehead atoms. The largest absolute Gasteiger partial charge is 0.486 e. The summed E-state index contributed by atoms with van der Waals surface area (Å²) < 4.78 is 5.21. The maximum Gasteiger partial charge on any atom is 0.311 e. The molecule has 19 heavy (non-hydrogen) atoms. The summed E-state index contributed by atoms with van der Waals surface area (Å²) in [6.07, 6.45) is 0.0241. The highest BCUT2D eigenvalue weighted by Crippen LogP contribution is 2.28. The van der Waals surface area contributed by atoms with Crippen molar-refractivity contribution < 1.29 is 14.5 Å². The number of nitrogens with two attached hydrogens (primary N) is 1. The van der Waals surface area contributed by atoms with E-state index in [4.69, 9.17) is 10.5 Å². The molecule has 0 saturated carbocycles. The van der Waals surface area contributed by atoms with E-state index in [2.05, 4.69) is 5.32 Å². The van der Waals surface area contributed by atoms with Crippen molar-refractivity contribution in [1.29, 1.82) is 0 Å². The number of primary amides is 1. The number of nitro benzene ring substituents is 1. The molecule has 0 aliphatic carbocycles. The number of nitro groups is 1. The summed E-state index contributed by atoms with van der Waals surface area (Å²) in [4.78, 5) is 21.0. The van der Waals surface area contributed by atoms with Gasteiger partial charge in [-0.15, -0.1) is 0 Å². The standard InChI is InChI=1S/C12H17N3O4/c1-2-14-8-9-3-4-11(10(7-9)15(17)18)19-6-5-12(13)16/h3-4,7,14H,2,5-6,8H2,1H3,(H2,13,16). The molecule has 0 unspecified atom stereocenters. The first-order chi connectivity index (χ1) is 9.04. The number of nitrogens with zero attached hydrogens (tertiary/aromatic N) is 1. The van der Waals surface area contributed by atoms with Crippen LogP contribution in [0.1, 0.15) is 18.9 Å². The average molecular weight is 267 g/mol. The first-order valence-electron chi connectivity index (χ1n) is 5.93. The third kappa shape index (κ3) is 4.92. The van der Waals surface area contributed by atoms with E-state index >= 15 is 0 Å². The third-order valence-electron chi connectivity index (χ3n) is 2.41. The van der Waals surface area contributed by atoms with E-state index in [0.717, 1.165) is 12.1 Å². The van der Waals surface area contributed by atoms with E-state index < -0.39 is 10.8 Å². The second kappa shape index (κ2) is 7.32. The minimum Gasteiger partial charge on any atom is -0.486 e. The van der Waals surface area contributed by atoms with Gasteiger partial charge in [-0.3, -0.25) is 14.9 Å². The molecule has 7 nitrogen and oxygen atoms in total. The van der Waals surface area contributed by atoms with Crippen LogP contribution in [-0.2, 0) is 11.3 Å². The maximum absolute atomic E-state index is 11.0. The Morgan fingerprint density at radius 1 is 1.53 bits per heavy atom. The second-order valence-corrected chi connectivity index (χ2v) is 3.90. The van der Waals surface area contributed by atoms with Crippen LogP contribution in [0.25, 0.3) is 0 Å². The number of nitrogens with one attached hydrogen (secondary N) is 1. The number of carbonyl (C=O) groups is 1. The van der Waals surface area contributed by atoms with Crippen LogP contribution < -0.4 is 15.8 Å². The number of rotatable bonds is 8. The lowest BCUT2D eigenvalue weighted by atomic mass is 10.2. The number of carbonyl (C=O) groups excluding carboxylic acids is 1. The summed E-state index contributed by atoms with van der Waals surface area (Å²) in [5, 5.41) is 14.0. The zero-order valence-electron chi connectivity index (χ0n) is 10.7. The van der Waals surface area contributed by atoms with Crippen LogP contribution in [0.4, 0.5) is 5.69 Å². The van der Waals surface area contributed by atoms with E-state index in [1.54, 1.807) is 6.07 Å². The average Bonchev–Trinajstić information content (AvgIpc) is 2.36. The van der Waals surface area contributed by atoms with Gasteiger partial charge in [-0.05, 0) is 18.2 Å². The van der Waals surface area contributed by atoms with Crippen LogP contribution in [0.5, 0.6) is 5.75 Å². The highest BCUT2D eigenvalue weighted by Gasteiger charge is 2.16. The summed E-state index contributed by atoms with van der Waals surface area (Å²) in [7, 11) is 0. The van der Waals surface area contributed by atoms with Crippen LogP contribution >= 0.6 is 0 Å². The summed E-state index contributed by atoms with van der Waals surface area (Å²) in [5.74, 6) is -0.363. The topological polar surface area (TPSA) is 107 Å². The fourth-order valence-electron chi connectivity index (χ4n) is 1.47. The molecule has 1 amide bonds. The van der Waals surface area contributed by atoms with Crippen molar-refractivity contribution in [1.82, 2.24) is 5.32 Å². The predicted molar refractivity (Wildman–Crippen MR) is 69.8 cm³/mol. The summed E-state index contributed by atoms with van der Waals surface area (Å²) in [6.45, 7) is 3.32. The van der Waals surface area contributed by atoms with Crippen molar-refractivity contribution in [3.63, 3.8) is 0 Å². The Hall–Kier alpha value is -2.15. The predicted octanol–water partition coefficient (Wildman–Crippen LogP) is 0.959. The fourth-order valence-corrected chi connectivity index (χ4v) is 1.47. The summed E-state index contributed by atoms with van der Waals surface area (Å²) in [6, 6.07) is 4.74. The molecule has 1 aromatic rings. The van der Waals surface area contributed by atoms with Gasteiger partial charge in [-0.25, -0.2) is 0 Å². The molecule has 104 valence electrons. The van der Waals surface area contributed by atoms with Crippen molar-refractivity contribution in [2.45, 2.75) is 19.9 Å². The highest BCUT2D eigenvalue weighted by atomic mass is 16.6. The Kier molecular flexibility index (Phi) is 5.74. The Morgan fingerprint density at radius 2 is 2.26 bits per heavy atom. The molecule has 3 N–H and O–H groups in total. The summed E-state index contributed by atoms with van der Waals surface area (Å²) in [5.41, 5.74) is 5.66. The van der Waals surface area contributed by atoms with Crippen molar-refractivity contribution in [3.05, 3.63) is 33.9 Å². The van der Waals surface area contributed by atoms with E-state index in [0.29, 0.717) is 6.54 Å². The van der Waals surface area contributed by atoms with Gasteiger partial charge in [-0.1, -0.05) is 13.0 Å². The third-order valence-corrected chi connectivity index (χ3v) is 2.41. The van der Waals surface area contributed by atoms with Gasteiger partial charge in [-0.2, -0.15) is 0 Å². The number of benzene rings is 1. The molecule has 0 fully saturated rings. The zero-order valence-corrected chi connectivity index (χ0v) is 10.7. The van der Waals surface area contributed by atoms with Gasteiger partial charge >= 0.3 is 5.69 Å². The Bertz CT molecular complexity index is 462. The van der Waals surface area contributed by atoms with E-state index in [1.807, 2.05) is 6.92 Å². The molecule has 0 aliphatic heterocycles. The molecular formula is C12H17N3O4. The van der Waals surface area contributed by atoms with Crippen LogP contribution in [0.2, 0.25) is 0 Å². The zero-order chi connectivity index (χ0) is 14.3. The number of hydrogen-bond donors (Lipinski definition) is 2. The maximum atomic E-state index is 11.0. The van der Waals surface area contributed by atoms with Gasteiger partial charge in [0.15, 0.2) is 5.75 Å². The van der Waals surface area contributed by atoms with E-state index in [-0.39, 0.29) is 24.5 Å². The molecular weight excluding hydrogens is 250 g/mol. The molecule has 1 aromatic carbocycles. The molecule has 7 heteroatoms. The molecule has 0 spiro atoms. The lowest BCUT2D eigenvalue weighted by Crippen LogP contribution is -2.15. The van der Waals surface area contributed by atoms with Crippen molar-refractivity contribution >= 4 is 11.6 Å². The molecule has 0 aliphatic rings. The fraction of sp³-hybridized carbons (Fsp3) is 0.417. The SMILES string of the molecule is CCNCc1ccc(OCCC(N)=O)c([N+](=O)[O-])c1. The first kappa shape index (κ1) is 14.9. The minimum atomic E-state index is -0.508. The van der Waals surface area contributed by atoms with Crippen LogP contribution in [0.3, 0.4) is 0 Å². The first-order valence-corrected chi connectivity index (χ1v) is 5.93. The second-order valence-electron chi connectivity index (χ2n) is 3.90. The van der Waals surface area contributed by atoms with Crippen LogP contribution in [0, 0.1) is 10.1 Å². The Labute approximate surface area is 110 Å². The van der Waals surface area contributed by atoms with Crippen molar-refractivity contribution in [2.75, 3.05) is 13.2 Å². The quantitative estimate of drug-likeness (QED) is 0.538. The number of hydrogen-bond acceptors (Lipinski definition) is 5. The van der Waals surface area contributed by atoms with Gasteiger partial charge in [0.1, 0.15) is 0 Å². The van der Waals surface area contributed by atoms with Gasteiger partial charge in [0.05, 0.1) is 18.0 Å². The molecule has 0 heterocycles. The normalized spacial score (nSPS) is 10.2. The summed E-state index contributed by atoms with van der Waals surface area (Å²) >= 11 is 0. The monoisotopic (exact) mass is 267 g/mol. The van der Waals surface area contributed by atoms with Crippen LogP contribution in [-0.4, -0.2) is 24.0 Å². The molecule has 0 radical (unpaired) electrons. The molecule has 1 rings (SSSR count). The van der Waals surface area contributed by atoms with Crippen molar-refractivity contribution in [2.24, 2.45) is 5.73 Å². The lowest BCUT2D eigenvalue weighted by Gasteiger charge is -2.07. The van der Waals surface area contributed by atoms with Gasteiger partial charge in [0.25, 0.3) is 0 Å². The van der Waals surface area contributed by atoms with E-state index in [1.165, 1.54) is 12.1 Å². The minimum absolute atomic E-state index is 0.0241. The van der Waals surface area contributed by atoms with Gasteiger partial charge < -0.3 is 15.8 Å². The number of ether oxygens (including phenoxy) is 1. The van der Waals surface area contributed by atoms with E-state index in [9.17, 15) is 14.9 Å². The number of amides is 1. The Morgan fingerprint density at radius 3 is 2.84 bits per heavy atom. The lowest BCUT2D eigenvalue weighted by molar-refractivity contribution is -0.385.